The van der Waals surface area contributed by atoms with Crippen LogP contribution in [0.2, 0.25) is 0 Å². The van der Waals surface area contributed by atoms with Crippen LogP contribution in [0, 0.1) is 25.2 Å². The Morgan fingerprint density at radius 3 is 2.48 bits per heavy atom. The van der Waals surface area contributed by atoms with Gasteiger partial charge in [-0.05, 0) is 88.9 Å². The van der Waals surface area contributed by atoms with Crippen LogP contribution in [0.5, 0.6) is 40.2 Å². The molecule has 0 aliphatic carbocycles. The maximum atomic E-state index is 15.1. The van der Waals surface area contributed by atoms with Crippen LogP contribution in [0.15, 0.2) is 31.0 Å². The highest BCUT2D eigenvalue weighted by Gasteiger charge is 2.62. The molecule has 338 valence electrons. The van der Waals surface area contributed by atoms with Crippen molar-refractivity contribution in [2.75, 3.05) is 47.0 Å². The Hall–Kier alpha value is -5.87. The van der Waals surface area contributed by atoms with E-state index < -0.39 is 58.8 Å². The maximum absolute atomic E-state index is 15.1. The summed E-state index contributed by atoms with van der Waals surface area (Å²) in [6, 6.07) is 4.85. The van der Waals surface area contributed by atoms with Gasteiger partial charge in [0.15, 0.2) is 40.0 Å². The third-order valence-electron chi connectivity index (χ3n) is 13.1. The number of carbonyl (C=O) groups excluding carboxylic acids is 3. The van der Waals surface area contributed by atoms with Crippen LogP contribution in [-0.2, 0) is 37.4 Å². The number of nitrogens with one attached hydrogen (secondary N) is 1. The number of nitriles is 1. The molecule has 2 N–H and O–H groups in total. The summed E-state index contributed by atoms with van der Waals surface area (Å²) in [5.41, 5.74) is 2.86. The summed E-state index contributed by atoms with van der Waals surface area (Å²) in [5, 5.41) is 26.2. The van der Waals surface area contributed by atoms with Crippen LogP contribution in [-0.4, -0.2) is 104 Å². The largest absolute Gasteiger partial charge is 0.518 e. The molecule has 7 aliphatic heterocycles. The van der Waals surface area contributed by atoms with Crippen LogP contribution < -0.4 is 33.7 Å². The number of rotatable bonds is 5. The number of methoxy groups -OCH3 is 2. The zero-order valence-corrected chi connectivity index (χ0v) is 37.6. The number of esters is 1. The van der Waals surface area contributed by atoms with Gasteiger partial charge in [0, 0.05) is 46.6 Å². The second-order valence-electron chi connectivity index (χ2n) is 17.7. The number of benzene rings is 3. The highest BCUT2D eigenvalue weighted by atomic mass is 32.2. The van der Waals surface area contributed by atoms with Gasteiger partial charge in [-0.15, -0.1) is 11.8 Å². The first-order valence-electron chi connectivity index (χ1n) is 21.0. The lowest BCUT2D eigenvalue weighted by Gasteiger charge is -2.62. The van der Waals surface area contributed by atoms with Crippen molar-refractivity contribution in [3.8, 4) is 46.3 Å². The molecule has 0 radical (unpaired) electrons. The Morgan fingerprint density at radius 2 is 1.78 bits per heavy atom. The molecule has 0 saturated carbocycles. The van der Waals surface area contributed by atoms with E-state index in [4.69, 9.17) is 42.6 Å². The molecule has 10 rings (SSSR count). The number of phenolic OH excluding ortho intramolecular Hbond substituents is 1. The molecular weight excluding hydrogens is 849 g/mol. The van der Waals surface area contributed by atoms with Crippen molar-refractivity contribution in [3.05, 3.63) is 75.5 Å². The van der Waals surface area contributed by atoms with Crippen molar-refractivity contribution < 1.29 is 62.1 Å². The summed E-state index contributed by atoms with van der Waals surface area (Å²) >= 11 is 1.41. The van der Waals surface area contributed by atoms with E-state index in [2.05, 4.69) is 27.8 Å². The van der Waals surface area contributed by atoms with Crippen molar-refractivity contribution in [1.29, 1.82) is 5.26 Å². The van der Waals surface area contributed by atoms with Gasteiger partial charge in [0.1, 0.15) is 24.0 Å². The number of hydrogen-bond acceptors (Lipinski definition) is 18. The van der Waals surface area contributed by atoms with E-state index in [1.807, 2.05) is 20.0 Å². The number of nitrogens with zero attached hydrogens (tertiary/aromatic N) is 3. The lowest BCUT2D eigenvalue weighted by molar-refractivity contribution is -0.157. The van der Waals surface area contributed by atoms with Gasteiger partial charge in [0.25, 0.3) is 0 Å². The van der Waals surface area contributed by atoms with Gasteiger partial charge in [-0.3, -0.25) is 15.1 Å². The molecule has 0 aromatic heterocycles. The fraction of sp³-hybridized carbons (Fsp3) is 0.478. The van der Waals surface area contributed by atoms with E-state index in [0.29, 0.717) is 70.0 Å². The number of aromatic hydroxyl groups is 1. The van der Waals surface area contributed by atoms with Gasteiger partial charge in [-0.1, -0.05) is 12.6 Å². The molecule has 17 nitrogen and oxygen atoms in total. The zero-order valence-electron chi connectivity index (χ0n) is 36.8. The van der Waals surface area contributed by atoms with Gasteiger partial charge in [0.2, 0.25) is 6.79 Å². The van der Waals surface area contributed by atoms with Gasteiger partial charge in [-0.25, -0.2) is 14.4 Å². The lowest BCUT2D eigenvalue weighted by Crippen LogP contribution is -2.69. The van der Waals surface area contributed by atoms with Crippen LogP contribution in [0.1, 0.15) is 82.6 Å². The normalized spacial score (nSPS) is 26.5. The van der Waals surface area contributed by atoms with E-state index in [9.17, 15) is 20.0 Å². The van der Waals surface area contributed by atoms with Gasteiger partial charge in [-0.2, -0.15) is 5.26 Å². The minimum Gasteiger partial charge on any atom is -0.504 e. The number of piperazine rings is 1. The first kappa shape index (κ1) is 43.4. The van der Waals surface area contributed by atoms with E-state index >= 15 is 4.79 Å². The van der Waals surface area contributed by atoms with E-state index in [1.165, 1.54) is 26.0 Å². The van der Waals surface area contributed by atoms with Crippen molar-refractivity contribution >= 4 is 30.0 Å². The highest BCUT2D eigenvalue weighted by Crippen LogP contribution is 2.64. The molecule has 18 heteroatoms. The van der Waals surface area contributed by atoms with Crippen molar-refractivity contribution in [1.82, 2.24) is 15.1 Å². The summed E-state index contributed by atoms with van der Waals surface area (Å²) in [5.74, 6) is 1.02. The molecule has 64 heavy (non-hydrogen) atoms. The molecule has 1 unspecified atom stereocenters. The molecule has 0 amide bonds. The fourth-order valence-electron chi connectivity index (χ4n) is 10.6. The average Bonchev–Trinajstić information content (AvgIpc) is 3.73. The molecule has 2 saturated heterocycles. The first-order valence-corrected chi connectivity index (χ1v) is 22.0. The van der Waals surface area contributed by atoms with Crippen LogP contribution in [0.25, 0.3) is 0 Å². The highest BCUT2D eigenvalue weighted by molar-refractivity contribution is 7.99. The number of hydrogen-bond donors (Lipinski definition) is 2. The number of phenols is 1. The molecule has 1 spiro atoms. The van der Waals surface area contributed by atoms with Crippen molar-refractivity contribution in [3.63, 3.8) is 0 Å². The number of thioether (sulfide) groups is 1. The monoisotopic (exact) mass is 898 g/mol. The summed E-state index contributed by atoms with van der Waals surface area (Å²) in [4.78, 5) is 45.6. The molecule has 7 atom stereocenters. The third kappa shape index (κ3) is 6.65. The quantitative estimate of drug-likeness (QED) is 0.125. The van der Waals surface area contributed by atoms with Crippen molar-refractivity contribution in [2.24, 2.45) is 0 Å². The summed E-state index contributed by atoms with van der Waals surface area (Å²) in [6.07, 6.45) is -0.0566. The summed E-state index contributed by atoms with van der Waals surface area (Å²) in [6.45, 7) is 12.3. The molecule has 4 bridgehead atoms. The fourth-order valence-corrected chi connectivity index (χ4v) is 12.3. The van der Waals surface area contributed by atoms with Gasteiger partial charge < -0.3 is 47.7 Å². The Balaban J connectivity index is 1.27. The predicted molar refractivity (Wildman–Crippen MR) is 229 cm³/mol. The third-order valence-corrected chi connectivity index (χ3v) is 14.6. The minimum atomic E-state index is -1.49. The maximum Gasteiger partial charge on any atom is 0.518 e. The number of likely N-dealkylation sites (N-methyl/N-ethyl adjacent to an activating group) is 1. The molecule has 2 fully saturated rings. The van der Waals surface area contributed by atoms with Crippen LogP contribution in [0.4, 0.5) is 9.59 Å². The van der Waals surface area contributed by atoms with Gasteiger partial charge >= 0.3 is 18.3 Å². The van der Waals surface area contributed by atoms with Crippen LogP contribution >= 0.6 is 11.8 Å². The topological polar surface area (TPSA) is 197 Å². The Morgan fingerprint density at radius 1 is 1.02 bits per heavy atom. The zero-order chi connectivity index (χ0) is 45.6. The van der Waals surface area contributed by atoms with E-state index in [0.717, 1.165) is 17.4 Å². The van der Waals surface area contributed by atoms with Crippen molar-refractivity contribution in [2.45, 2.75) is 94.1 Å². The SMILES string of the molecule is C=COC(=O)Oc1c(C)c2c(c3c1[C@H]1SC[C@]4(NCCc5cc(OC(=O)OC(C)(C)C)c(OC)cc54)C(=O)OC[C@@H]3N3C1[C@@H]1c4c(cc(C)c(OC)c4O)C[C@H]([C@@H]3C#N)N1C)OCO2. The number of carbonyl (C=O) groups is 3. The number of aryl methyl sites for hydroxylation is 1. The molecular formula is C46H50N4O13S. The summed E-state index contributed by atoms with van der Waals surface area (Å²) in [7, 11) is 4.91. The average molecular weight is 899 g/mol. The molecule has 3 aromatic rings. The first-order chi connectivity index (χ1) is 30.6. The number of ether oxygens (including phenoxy) is 9. The molecule has 7 aliphatic rings. The van der Waals surface area contributed by atoms with E-state index in [-0.39, 0.29) is 48.2 Å². The standard InChI is InChI=1S/C46H50N4O13S/c1-10-57-43(53)62-38-22(3)39-40(60-20-59-39)32-28-18-58-42(52)46(25-16-29(55-8)30(15-23(25)11-12-48-46)61-44(54)63-45(4,5)6)19-64-41(33(32)38)35-34-31-24(13-21(2)37(56-9)36(31)51)14-26(49(34)7)27(17-47)50(28)35/h10,13,15-16,26-28,34-35,41,48,51H,1,11-12,14,18-20H2,2-9H3/t26-,27+,28+,34+,35?,41-,46-/m1/s1. The van der Waals surface area contributed by atoms with E-state index in [1.54, 1.807) is 39.8 Å². The van der Waals surface area contributed by atoms with Gasteiger partial charge in [0.05, 0.1) is 43.9 Å². The molecule has 7 heterocycles. The second-order valence-corrected chi connectivity index (χ2v) is 18.8. The summed E-state index contributed by atoms with van der Waals surface area (Å²) < 4.78 is 52.7. The minimum absolute atomic E-state index is 0.00322. The second kappa shape index (κ2) is 16.0. The Kier molecular flexibility index (Phi) is 10.8. The number of fused-ring (bicyclic) bond motifs is 9. The smallest absolute Gasteiger partial charge is 0.504 e. The van der Waals surface area contributed by atoms with Crippen LogP contribution in [0.3, 0.4) is 0 Å². The predicted octanol–water partition coefficient (Wildman–Crippen LogP) is 6.33. The molecule has 3 aromatic carbocycles. The Bertz CT molecular complexity index is 2540. The lowest BCUT2D eigenvalue weighted by atomic mass is 9.71. The Labute approximate surface area is 374 Å².